The summed E-state index contributed by atoms with van der Waals surface area (Å²) in [5.41, 5.74) is 2.42. The van der Waals surface area contributed by atoms with Crippen LogP contribution in [0.15, 0.2) is 57.3 Å². The highest BCUT2D eigenvalue weighted by Gasteiger charge is 2.19. The van der Waals surface area contributed by atoms with Crippen LogP contribution in [0.4, 0.5) is 0 Å². The number of phenolic OH excluding ortho intramolecular Hbond substituents is 2. The van der Waals surface area contributed by atoms with E-state index in [9.17, 15) is 15.0 Å². The highest BCUT2D eigenvalue weighted by Crippen LogP contribution is 2.35. The molecule has 2 atom stereocenters. The van der Waals surface area contributed by atoms with Crippen molar-refractivity contribution >= 4 is 34.3 Å². The van der Waals surface area contributed by atoms with Gasteiger partial charge in [0.25, 0.3) is 0 Å². The molecule has 1 aromatic heterocycles. The summed E-state index contributed by atoms with van der Waals surface area (Å²) >= 11 is 7.73. The third-order valence-corrected chi connectivity index (χ3v) is 9.24. The van der Waals surface area contributed by atoms with Crippen LogP contribution in [0.3, 0.4) is 0 Å². The standard InChI is InChI=1S/C36H49ClO4S/c1-24(2)9-6-10-25(3)11-7-12-26(4)13-8-14-27(5)19-20-42-23-32-34(40)31-21-30(38)22-33(39)36(31)41-35(32)28-15-17-29(37)18-16-28/h15-19,21-22,24-26,38-39H,6-14,20,23H2,1-5H3/b27-19+/t25-,26-/m1/s1. The summed E-state index contributed by atoms with van der Waals surface area (Å²) in [6.45, 7) is 11.6. The number of aromatic hydroxyl groups is 2. The lowest BCUT2D eigenvalue weighted by atomic mass is 9.91. The Hall–Kier alpha value is -2.37. The van der Waals surface area contributed by atoms with Crippen LogP contribution >= 0.6 is 23.4 Å². The summed E-state index contributed by atoms with van der Waals surface area (Å²) in [4.78, 5) is 13.5. The predicted molar refractivity (Wildman–Crippen MR) is 181 cm³/mol. The Morgan fingerprint density at radius 3 is 2.19 bits per heavy atom. The number of hydrogen-bond donors (Lipinski definition) is 2. The molecule has 4 nitrogen and oxygen atoms in total. The van der Waals surface area contributed by atoms with Gasteiger partial charge in [-0.15, -0.1) is 0 Å². The van der Waals surface area contributed by atoms with E-state index in [1.807, 2.05) is 0 Å². The van der Waals surface area contributed by atoms with Gasteiger partial charge in [0.2, 0.25) is 0 Å². The summed E-state index contributed by atoms with van der Waals surface area (Å²) < 4.78 is 6.07. The number of phenols is 2. The first-order valence-corrected chi connectivity index (χ1v) is 17.1. The number of allylic oxidation sites excluding steroid dienone is 1. The van der Waals surface area contributed by atoms with Crippen LogP contribution in [0.25, 0.3) is 22.3 Å². The number of fused-ring (bicyclic) bond motifs is 1. The minimum absolute atomic E-state index is 0.0672. The number of hydrogen-bond acceptors (Lipinski definition) is 5. The largest absolute Gasteiger partial charge is 0.508 e. The minimum atomic E-state index is -0.268. The van der Waals surface area contributed by atoms with Crippen molar-refractivity contribution in [1.82, 2.24) is 0 Å². The zero-order valence-electron chi connectivity index (χ0n) is 26.0. The van der Waals surface area contributed by atoms with Crippen LogP contribution < -0.4 is 5.43 Å². The molecule has 0 fully saturated rings. The first-order valence-electron chi connectivity index (χ1n) is 15.6. The molecule has 230 valence electrons. The second-order valence-electron chi connectivity index (χ2n) is 12.5. The van der Waals surface area contributed by atoms with E-state index in [0.717, 1.165) is 29.9 Å². The second-order valence-corrected chi connectivity index (χ2v) is 14.0. The van der Waals surface area contributed by atoms with Crippen molar-refractivity contribution in [2.75, 3.05) is 5.75 Å². The second kappa shape index (κ2) is 17.1. The van der Waals surface area contributed by atoms with Crippen molar-refractivity contribution in [2.24, 2.45) is 17.8 Å². The van der Waals surface area contributed by atoms with E-state index in [1.54, 1.807) is 36.0 Å². The molecule has 3 aromatic rings. The van der Waals surface area contributed by atoms with E-state index < -0.39 is 0 Å². The fraction of sp³-hybridized carbons (Fsp3) is 0.528. The lowest BCUT2D eigenvalue weighted by Gasteiger charge is -2.15. The highest BCUT2D eigenvalue weighted by molar-refractivity contribution is 7.98. The van der Waals surface area contributed by atoms with Gasteiger partial charge in [-0.05, 0) is 67.9 Å². The van der Waals surface area contributed by atoms with Gasteiger partial charge in [0.1, 0.15) is 11.5 Å². The predicted octanol–water partition coefficient (Wildman–Crippen LogP) is 11.1. The van der Waals surface area contributed by atoms with Crippen LogP contribution in [0.5, 0.6) is 11.5 Å². The number of halogens is 1. The monoisotopic (exact) mass is 612 g/mol. The Labute approximate surface area is 261 Å². The molecule has 0 saturated heterocycles. The Balaban J connectivity index is 1.51. The molecule has 2 aromatic carbocycles. The van der Waals surface area contributed by atoms with Crippen molar-refractivity contribution in [1.29, 1.82) is 0 Å². The zero-order chi connectivity index (χ0) is 30.6. The number of benzene rings is 2. The Morgan fingerprint density at radius 2 is 1.55 bits per heavy atom. The molecular formula is C36H49ClO4S. The first-order chi connectivity index (χ1) is 20.0. The van der Waals surface area contributed by atoms with Crippen LogP contribution in [-0.4, -0.2) is 16.0 Å². The first kappa shape index (κ1) is 34.1. The van der Waals surface area contributed by atoms with Gasteiger partial charge in [0, 0.05) is 28.2 Å². The molecule has 1 heterocycles. The fourth-order valence-electron chi connectivity index (χ4n) is 5.44. The Bertz CT molecular complexity index is 1360. The van der Waals surface area contributed by atoms with Gasteiger partial charge in [-0.25, -0.2) is 0 Å². The number of thioether (sulfide) groups is 1. The maximum atomic E-state index is 13.5. The van der Waals surface area contributed by atoms with E-state index in [1.165, 1.54) is 69.1 Å². The molecule has 0 aliphatic carbocycles. The van der Waals surface area contributed by atoms with E-state index in [2.05, 4.69) is 40.7 Å². The van der Waals surface area contributed by atoms with Crippen LogP contribution in [0.1, 0.15) is 98.0 Å². The SMILES string of the molecule is C/C(=C\CSCc1c(-c2ccc(Cl)cc2)oc2c(O)cc(O)cc2c1=O)CCC[C@H](C)CCC[C@H](C)CCCC(C)C. The van der Waals surface area contributed by atoms with Gasteiger partial charge >= 0.3 is 0 Å². The average molecular weight is 613 g/mol. The minimum Gasteiger partial charge on any atom is -0.508 e. The number of rotatable bonds is 17. The molecule has 0 radical (unpaired) electrons. The maximum Gasteiger partial charge on any atom is 0.197 e. The Morgan fingerprint density at radius 1 is 0.929 bits per heavy atom. The molecule has 0 aliphatic rings. The molecular weight excluding hydrogens is 564 g/mol. The van der Waals surface area contributed by atoms with Gasteiger partial charge in [0.15, 0.2) is 16.8 Å². The quantitative estimate of drug-likeness (QED) is 0.117. The highest BCUT2D eigenvalue weighted by atomic mass is 35.5. The van der Waals surface area contributed by atoms with E-state index in [0.29, 0.717) is 27.7 Å². The van der Waals surface area contributed by atoms with Crippen molar-refractivity contribution in [3.63, 3.8) is 0 Å². The third-order valence-electron chi connectivity index (χ3n) is 8.09. The molecule has 0 aliphatic heterocycles. The molecule has 0 saturated carbocycles. The van der Waals surface area contributed by atoms with Gasteiger partial charge in [0.05, 0.1) is 10.9 Å². The van der Waals surface area contributed by atoms with Gasteiger partial charge in [-0.1, -0.05) is 95.9 Å². The molecule has 0 amide bonds. The topological polar surface area (TPSA) is 70.7 Å². The maximum absolute atomic E-state index is 13.5. The molecule has 2 N–H and O–H groups in total. The normalized spacial score (nSPS) is 13.6. The molecule has 6 heteroatoms. The van der Waals surface area contributed by atoms with Crippen molar-refractivity contribution in [3.8, 4) is 22.8 Å². The molecule has 3 rings (SSSR count). The summed E-state index contributed by atoms with van der Waals surface area (Å²) in [5, 5.41) is 21.1. The Kier molecular flexibility index (Phi) is 13.9. The summed E-state index contributed by atoms with van der Waals surface area (Å²) in [5.74, 6) is 3.65. The van der Waals surface area contributed by atoms with Gasteiger partial charge in [-0.2, -0.15) is 11.8 Å². The summed E-state index contributed by atoms with van der Waals surface area (Å²) in [7, 11) is 0. The van der Waals surface area contributed by atoms with Crippen LogP contribution in [-0.2, 0) is 5.75 Å². The fourth-order valence-corrected chi connectivity index (χ4v) is 6.55. The van der Waals surface area contributed by atoms with Crippen LogP contribution in [0, 0.1) is 17.8 Å². The summed E-state index contributed by atoms with van der Waals surface area (Å²) in [6, 6.07) is 9.63. The van der Waals surface area contributed by atoms with Crippen molar-refractivity contribution in [3.05, 3.63) is 68.9 Å². The van der Waals surface area contributed by atoms with E-state index in [4.69, 9.17) is 16.0 Å². The van der Waals surface area contributed by atoms with Gasteiger partial charge in [-0.3, -0.25) is 4.79 Å². The molecule has 0 unspecified atom stereocenters. The lowest BCUT2D eigenvalue weighted by Crippen LogP contribution is -2.10. The zero-order valence-corrected chi connectivity index (χ0v) is 27.6. The third kappa shape index (κ3) is 10.7. The van der Waals surface area contributed by atoms with Crippen molar-refractivity contribution < 1.29 is 14.6 Å². The average Bonchev–Trinajstić information content (AvgIpc) is 2.92. The smallest absolute Gasteiger partial charge is 0.197 e. The summed E-state index contributed by atoms with van der Waals surface area (Å²) in [6.07, 6.45) is 14.0. The lowest BCUT2D eigenvalue weighted by molar-refractivity contribution is 0.389. The van der Waals surface area contributed by atoms with Gasteiger partial charge < -0.3 is 14.6 Å². The van der Waals surface area contributed by atoms with E-state index in [-0.39, 0.29) is 27.9 Å². The van der Waals surface area contributed by atoms with Crippen molar-refractivity contribution in [2.45, 2.75) is 98.2 Å². The molecule has 0 bridgehead atoms. The molecule has 42 heavy (non-hydrogen) atoms. The van der Waals surface area contributed by atoms with Crippen LogP contribution in [0.2, 0.25) is 5.02 Å². The van der Waals surface area contributed by atoms with E-state index >= 15 is 0 Å². The molecule has 0 spiro atoms.